The van der Waals surface area contributed by atoms with Crippen molar-refractivity contribution in [3.8, 4) is 34.5 Å². The molecule has 5 rings (SSSR count). The predicted molar refractivity (Wildman–Crippen MR) is 197 cm³/mol. The van der Waals surface area contributed by atoms with Crippen LogP contribution >= 0.6 is 15.6 Å². The Morgan fingerprint density at radius 3 is 0.583 bits per heavy atom. The fraction of sp³-hybridized carbons (Fsp3) is 0.211. The monoisotopic (exact) mass is 694 g/mol. The number of hydrogen-bond donors (Lipinski definition) is 0. The Labute approximate surface area is 286 Å². The fourth-order valence-electron chi connectivity index (χ4n) is 3.37. The van der Waals surface area contributed by atoms with Crippen molar-refractivity contribution in [2.45, 2.75) is 55.4 Å². The Bertz CT molecular complexity index is 1370. The minimum atomic E-state index is -4.18. The highest BCUT2D eigenvalue weighted by atomic mass is 31.2. The molecule has 0 heterocycles. The maximum Gasteiger partial charge on any atom is 0.647 e. The standard InChI is InChI=1S/C30H24O8P2.4C2H6/c31-39(33-25-13-5-1-6-14-25,34-26-15-7-2-8-16-26)37-29-21-23-30(24-22-29)38-40(32,35-27-17-9-3-10-18-27)36-28-19-11-4-12-20-28;4*1-2/h1-24H;4*1-2H3. The molecule has 0 aliphatic heterocycles. The smallest absolute Gasteiger partial charge is 0.386 e. The molecule has 10 heteroatoms. The number of hydrogen-bond acceptors (Lipinski definition) is 8. The Balaban J connectivity index is 0.00000134. The van der Waals surface area contributed by atoms with E-state index < -0.39 is 15.6 Å². The van der Waals surface area contributed by atoms with Crippen LogP contribution in [0.15, 0.2) is 146 Å². The fourth-order valence-corrected chi connectivity index (χ4v) is 5.88. The molecule has 48 heavy (non-hydrogen) atoms. The molecule has 5 aromatic rings. The second-order valence-electron chi connectivity index (χ2n) is 8.17. The predicted octanol–water partition coefficient (Wildman–Crippen LogP) is 13.1. The van der Waals surface area contributed by atoms with Gasteiger partial charge in [-0.1, -0.05) is 128 Å². The minimum absolute atomic E-state index is 0.158. The maximum atomic E-state index is 13.7. The normalized spacial score (nSPS) is 9.83. The van der Waals surface area contributed by atoms with Crippen LogP contribution in [0.5, 0.6) is 34.5 Å². The molecule has 0 bridgehead atoms. The molecule has 0 atom stereocenters. The molecule has 0 fully saturated rings. The topological polar surface area (TPSA) is 89.5 Å². The Kier molecular flexibility index (Phi) is 20.4. The van der Waals surface area contributed by atoms with Crippen molar-refractivity contribution in [3.63, 3.8) is 0 Å². The summed E-state index contributed by atoms with van der Waals surface area (Å²) in [6.07, 6.45) is 0. The number of phosphoric ester groups is 2. The van der Waals surface area contributed by atoms with Gasteiger partial charge in [0.1, 0.15) is 34.5 Å². The van der Waals surface area contributed by atoms with Gasteiger partial charge in [-0.25, -0.2) is 0 Å². The van der Waals surface area contributed by atoms with Crippen LogP contribution in [-0.2, 0) is 9.13 Å². The number of benzene rings is 5. The zero-order valence-corrected chi connectivity index (χ0v) is 30.8. The van der Waals surface area contributed by atoms with Gasteiger partial charge in [0.15, 0.2) is 0 Å². The van der Waals surface area contributed by atoms with Crippen LogP contribution < -0.4 is 27.1 Å². The molecule has 0 aliphatic carbocycles. The summed E-state index contributed by atoms with van der Waals surface area (Å²) in [5.41, 5.74) is 0. The summed E-state index contributed by atoms with van der Waals surface area (Å²) in [5.74, 6) is 1.53. The average Bonchev–Trinajstić information content (AvgIpc) is 3.14. The van der Waals surface area contributed by atoms with Gasteiger partial charge < -0.3 is 27.1 Å². The van der Waals surface area contributed by atoms with Crippen molar-refractivity contribution in [1.82, 2.24) is 0 Å². The molecule has 258 valence electrons. The van der Waals surface area contributed by atoms with Gasteiger partial charge in [0.25, 0.3) is 0 Å². The minimum Gasteiger partial charge on any atom is -0.386 e. The zero-order valence-electron chi connectivity index (χ0n) is 29.0. The SMILES string of the molecule is CC.CC.CC.CC.O=P(Oc1ccccc1)(Oc1ccccc1)Oc1ccc(OP(=O)(Oc2ccccc2)Oc2ccccc2)cc1. The summed E-state index contributed by atoms with van der Waals surface area (Å²) in [6.45, 7) is 16.0. The number of phosphoric acid groups is 2. The summed E-state index contributed by atoms with van der Waals surface area (Å²) in [7, 11) is -8.36. The lowest BCUT2D eigenvalue weighted by Crippen LogP contribution is -2.08. The van der Waals surface area contributed by atoms with E-state index in [0.29, 0.717) is 23.0 Å². The van der Waals surface area contributed by atoms with Crippen molar-refractivity contribution in [1.29, 1.82) is 0 Å². The molecule has 0 saturated heterocycles. The van der Waals surface area contributed by atoms with E-state index in [1.807, 2.05) is 55.4 Å². The Morgan fingerprint density at radius 2 is 0.417 bits per heavy atom. The first kappa shape index (κ1) is 41.4. The van der Waals surface area contributed by atoms with E-state index in [2.05, 4.69) is 0 Å². The lowest BCUT2D eigenvalue weighted by Gasteiger charge is -2.20. The van der Waals surface area contributed by atoms with Gasteiger partial charge in [-0.3, -0.25) is 0 Å². The van der Waals surface area contributed by atoms with Crippen LogP contribution in [0.3, 0.4) is 0 Å². The van der Waals surface area contributed by atoms with Gasteiger partial charge in [-0.15, -0.1) is 0 Å². The zero-order chi connectivity index (χ0) is 35.7. The van der Waals surface area contributed by atoms with Gasteiger partial charge in [0.05, 0.1) is 0 Å². The highest BCUT2D eigenvalue weighted by molar-refractivity contribution is 7.50. The van der Waals surface area contributed by atoms with Crippen LogP contribution in [0.1, 0.15) is 55.4 Å². The maximum absolute atomic E-state index is 13.7. The third-order valence-electron chi connectivity index (χ3n) is 5.10. The summed E-state index contributed by atoms with van der Waals surface area (Å²) < 4.78 is 61.3. The van der Waals surface area contributed by atoms with Gasteiger partial charge in [0, 0.05) is 0 Å². The van der Waals surface area contributed by atoms with Crippen LogP contribution in [0, 0.1) is 0 Å². The number of para-hydroxylation sites is 4. The summed E-state index contributed by atoms with van der Waals surface area (Å²) in [5, 5.41) is 0. The van der Waals surface area contributed by atoms with E-state index in [9.17, 15) is 9.13 Å². The lowest BCUT2D eigenvalue weighted by atomic mass is 10.3. The van der Waals surface area contributed by atoms with Crippen LogP contribution in [0.25, 0.3) is 0 Å². The molecule has 0 unspecified atom stereocenters. The number of rotatable bonds is 12. The van der Waals surface area contributed by atoms with Gasteiger partial charge in [-0.2, -0.15) is 9.13 Å². The molecule has 0 aliphatic rings. The first-order valence-electron chi connectivity index (χ1n) is 16.1. The summed E-state index contributed by atoms with van der Waals surface area (Å²) in [4.78, 5) is 0. The Morgan fingerprint density at radius 1 is 0.271 bits per heavy atom. The molecule has 0 radical (unpaired) electrons. The van der Waals surface area contributed by atoms with E-state index in [1.165, 1.54) is 24.3 Å². The van der Waals surface area contributed by atoms with Crippen LogP contribution in [-0.4, -0.2) is 0 Å². The molecule has 0 aromatic heterocycles. The highest BCUT2D eigenvalue weighted by Crippen LogP contribution is 2.52. The molecule has 5 aromatic carbocycles. The third kappa shape index (κ3) is 14.8. The lowest BCUT2D eigenvalue weighted by molar-refractivity contribution is 0.294. The molecule has 8 nitrogen and oxygen atoms in total. The summed E-state index contributed by atoms with van der Waals surface area (Å²) >= 11 is 0. The summed E-state index contributed by atoms with van der Waals surface area (Å²) in [6, 6.07) is 40.1. The average molecular weight is 695 g/mol. The van der Waals surface area contributed by atoms with Gasteiger partial charge >= 0.3 is 15.6 Å². The molecule has 0 saturated carbocycles. The van der Waals surface area contributed by atoms with Crippen molar-refractivity contribution in [2.24, 2.45) is 0 Å². The quantitative estimate of drug-likeness (QED) is 0.119. The molecular weight excluding hydrogens is 646 g/mol. The van der Waals surface area contributed by atoms with Crippen molar-refractivity contribution in [2.75, 3.05) is 0 Å². The first-order valence-corrected chi connectivity index (χ1v) is 19.1. The molecule has 0 N–H and O–H groups in total. The van der Waals surface area contributed by atoms with Crippen LogP contribution in [0.2, 0.25) is 0 Å². The first-order chi connectivity index (χ1) is 23.5. The van der Waals surface area contributed by atoms with E-state index in [0.717, 1.165) is 0 Å². The van der Waals surface area contributed by atoms with E-state index >= 15 is 0 Å². The molecular formula is C38H48O8P2. The highest BCUT2D eigenvalue weighted by Gasteiger charge is 2.35. The van der Waals surface area contributed by atoms with Gasteiger partial charge in [0.2, 0.25) is 0 Å². The third-order valence-corrected chi connectivity index (χ3v) is 7.71. The van der Waals surface area contributed by atoms with E-state index in [1.54, 1.807) is 121 Å². The second-order valence-corrected chi connectivity index (χ2v) is 11.1. The largest absolute Gasteiger partial charge is 0.647 e. The Hall–Kier alpha value is -4.64. The second kappa shape index (κ2) is 23.6. The van der Waals surface area contributed by atoms with Gasteiger partial charge in [-0.05, 0) is 72.8 Å². The van der Waals surface area contributed by atoms with E-state index in [-0.39, 0.29) is 11.5 Å². The van der Waals surface area contributed by atoms with Crippen LogP contribution in [0.4, 0.5) is 0 Å². The molecule has 0 amide bonds. The van der Waals surface area contributed by atoms with Crippen molar-refractivity contribution < 1.29 is 36.3 Å². The molecule has 0 spiro atoms. The van der Waals surface area contributed by atoms with E-state index in [4.69, 9.17) is 27.1 Å². The van der Waals surface area contributed by atoms with Crippen molar-refractivity contribution in [3.05, 3.63) is 146 Å². The van der Waals surface area contributed by atoms with Crippen molar-refractivity contribution >= 4 is 15.6 Å².